The van der Waals surface area contributed by atoms with Crippen molar-refractivity contribution in [3.05, 3.63) is 126 Å². The van der Waals surface area contributed by atoms with Gasteiger partial charge in [-0.05, 0) is 60.4 Å². The molecule has 0 aliphatic carbocycles. The lowest BCUT2D eigenvalue weighted by Crippen LogP contribution is -2.53. The van der Waals surface area contributed by atoms with E-state index in [1.54, 1.807) is 55.6 Å². The molecular formula is C36H41N3O5S. The summed E-state index contributed by atoms with van der Waals surface area (Å²) in [5.41, 5.74) is 2.87. The molecule has 9 heteroatoms. The molecular weight excluding hydrogens is 586 g/mol. The topological polar surface area (TPSA) is 96.0 Å². The summed E-state index contributed by atoms with van der Waals surface area (Å²) < 4.78 is 34.7. The van der Waals surface area contributed by atoms with E-state index in [0.717, 1.165) is 21.0 Å². The number of ether oxygens (including phenoxy) is 1. The normalized spacial score (nSPS) is 11.9. The molecule has 236 valence electrons. The lowest BCUT2D eigenvalue weighted by atomic mass is 10.0. The number of aryl methyl sites for hydroxylation is 1. The van der Waals surface area contributed by atoms with E-state index < -0.39 is 28.5 Å². The second-order valence-electron chi connectivity index (χ2n) is 11.4. The number of rotatable bonds is 14. The lowest BCUT2D eigenvalue weighted by Gasteiger charge is -2.34. The van der Waals surface area contributed by atoms with Gasteiger partial charge in [-0.3, -0.25) is 13.9 Å². The Hall–Kier alpha value is -4.63. The van der Waals surface area contributed by atoms with Crippen LogP contribution in [0.1, 0.15) is 30.5 Å². The number of amides is 2. The third-order valence-electron chi connectivity index (χ3n) is 7.37. The maximum absolute atomic E-state index is 14.5. The number of hydrogen-bond donors (Lipinski definition) is 1. The van der Waals surface area contributed by atoms with E-state index in [4.69, 9.17) is 4.74 Å². The van der Waals surface area contributed by atoms with E-state index in [9.17, 15) is 18.0 Å². The van der Waals surface area contributed by atoms with Crippen LogP contribution < -0.4 is 14.4 Å². The smallest absolute Gasteiger partial charge is 0.264 e. The first kappa shape index (κ1) is 33.3. The highest BCUT2D eigenvalue weighted by Crippen LogP contribution is 2.25. The number of nitrogens with one attached hydrogen (secondary N) is 1. The molecule has 0 heterocycles. The summed E-state index contributed by atoms with van der Waals surface area (Å²) in [5, 5.41) is 3.00. The SMILES string of the molecule is COc1cccc(CN(C(=O)CN(c2ccccc2)S(=O)(=O)c2ccc(C)cc2)[C@@H](Cc2ccccc2)C(=O)NCC(C)C)c1. The second-order valence-corrected chi connectivity index (χ2v) is 13.2. The number of nitrogens with zero attached hydrogens (tertiary/aromatic N) is 2. The van der Waals surface area contributed by atoms with Crippen molar-refractivity contribution >= 4 is 27.5 Å². The summed E-state index contributed by atoms with van der Waals surface area (Å²) in [6.07, 6.45) is 0.247. The van der Waals surface area contributed by atoms with Gasteiger partial charge in [-0.1, -0.05) is 92.2 Å². The third kappa shape index (κ3) is 8.95. The van der Waals surface area contributed by atoms with Crippen molar-refractivity contribution in [2.45, 2.75) is 44.7 Å². The summed E-state index contributed by atoms with van der Waals surface area (Å²) in [7, 11) is -2.58. The minimum absolute atomic E-state index is 0.0653. The van der Waals surface area contributed by atoms with Gasteiger partial charge in [0.1, 0.15) is 18.3 Å². The molecule has 0 saturated carbocycles. The van der Waals surface area contributed by atoms with Crippen molar-refractivity contribution in [3.63, 3.8) is 0 Å². The number of carbonyl (C=O) groups is 2. The zero-order chi connectivity index (χ0) is 32.4. The zero-order valence-electron chi connectivity index (χ0n) is 26.2. The van der Waals surface area contributed by atoms with Crippen molar-refractivity contribution in [2.24, 2.45) is 5.92 Å². The molecule has 1 N–H and O–H groups in total. The highest BCUT2D eigenvalue weighted by atomic mass is 32.2. The van der Waals surface area contributed by atoms with Crippen LogP contribution in [-0.2, 0) is 32.6 Å². The van der Waals surface area contributed by atoms with Crippen molar-refractivity contribution in [2.75, 3.05) is 24.5 Å². The highest BCUT2D eigenvalue weighted by Gasteiger charge is 2.34. The van der Waals surface area contributed by atoms with E-state index in [1.165, 1.54) is 17.0 Å². The van der Waals surface area contributed by atoms with Gasteiger partial charge in [0, 0.05) is 19.5 Å². The molecule has 4 aromatic rings. The minimum atomic E-state index is -4.14. The van der Waals surface area contributed by atoms with Crippen LogP contribution in [-0.4, -0.2) is 51.4 Å². The Bertz CT molecular complexity index is 1660. The molecule has 4 aromatic carbocycles. The van der Waals surface area contributed by atoms with Crippen LogP contribution in [0.15, 0.2) is 114 Å². The van der Waals surface area contributed by atoms with Crippen LogP contribution in [0.3, 0.4) is 0 Å². The second kappa shape index (κ2) is 15.4. The van der Waals surface area contributed by atoms with Gasteiger partial charge in [-0.2, -0.15) is 0 Å². The van der Waals surface area contributed by atoms with Gasteiger partial charge in [0.2, 0.25) is 11.8 Å². The molecule has 4 rings (SSSR count). The van der Waals surface area contributed by atoms with Crippen molar-refractivity contribution in [3.8, 4) is 5.75 Å². The maximum atomic E-state index is 14.5. The first-order valence-electron chi connectivity index (χ1n) is 15.0. The third-order valence-corrected chi connectivity index (χ3v) is 9.16. The predicted octanol–water partition coefficient (Wildman–Crippen LogP) is 5.61. The van der Waals surface area contributed by atoms with E-state index in [-0.39, 0.29) is 29.7 Å². The molecule has 0 spiro atoms. The van der Waals surface area contributed by atoms with Crippen LogP contribution in [0.25, 0.3) is 0 Å². The molecule has 0 unspecified atom stereocenters. The molecule has 45 heavy (non-hydrogen) atoms. The highest BCUT2D eigenvalue weighted by molar-refractivity contribution is 7.92. The van der Waals surface area contributed by atoms with Gasteiger partial charge in [-0.15, -0.1) is 0 Å². The summed E-state index contributed by atoms with van der Waals surface area (Å²) in [5.74, 6) is -0.0202. The van der Waals surface area contributed by atoms with Crippen LogP contribution >= 0.6 is 0 Å². The average molecular weight is 628 g/mol. The molecule has 0 aromatic heterocycles. The van der Waals surface area contributed by atoms with Crippen LogP contribution in [0.4, 0.5) is 5.69 Å². The molecule has 1 atom stereocenters. The summed E-state index contributed by atoms with van der Waals surface area (Å²) in [4.78, 5) is 29.9. The number of methoxy groups -OCH3 is 1. The number of sulfonamides is 1. The minimum Gasteiger partial charge on any atom is -0.497 e. The molecule has 0 radical (unpaired) electrons. The zero-order valence-corrected chi connectivity index (χ0v) is 27.0. The van der Waals surface area contributed by atoms with Gasteiger partial charge in [-0.25, -0.2) is 8.42 Å². The fraction of sp³-hybridized carbons (Fsp3) is 0.278. The summed E-state index contributed by atoms with van der Waals surface area (Å²) in [6, 6.07) is 30.9. The van der Waals surface area contributed by atoms with Gasteiger partial charge in [0.15, 0.2) is 0 Å². The van der Waals surface area contributed by atoms with Gasteiger partial charge >= 0.3 is 0 Å². The first-order chi connectivity index (χ1) is 21.6. The Kier molecular flexibility index (Phi) is 11.4. The van der Waals surface area contributed by atoms with E-state index in [1.807, 2.05) is 69.3 Å². The largest absolute Gasteiger partial charge is 0.497 e. The Labute approximate surface area is 266 Å². The van der Waals surface area contributed by atoms with Gasteiger partial charge in [0.25, 0.3) is 10.0 Å². The van der Waals surface area contributed by atoms with Gasteiger partial charge in [0.05, 0.1) is 17.7 Å². The van der Waals surface area contributed by atoms with Crippen molar-refractivity contribution in [1.29, 1.82) is 0 Å². The number of benzene rings is 4. The molecule has 8 nitrogen and oxygen atoms in total. The Morgan fingerprint density at radius 1 is 0.822 bits per heavy atom. The van der Waals surface area contributed by atoms with E-state index in [2.05, 4.69) is 5.32 Å². The molecule has 0 saturated heterocycles. The molecule has 2 amide bonds. The molecule has 0 fully saturated rings. The predicted molar refractivity (Wildman–Crippen MR) is 177 cm³/mol. The summed E-state index contributed by atoms with van der Waals surface area (Å²) >= 11 is 0. The molecule has 0 aliphatic heterocycles. The van der Waals surface area contributed by atoms with Crippen LogP contribution in [0.5, 0.6) is 5.75 Å². The molecule has 0 bridgehead atoms. The number of carbonyl (C=O) groups excluding carboxylic acids is 2. The number of anilines is 1. The van der Waals surface area contributed by atoms with E-state index in [0.29, 0.717) is 18.0 Å². The quantitative estimate of drug-likeness (QED) is 0.196. The number of para-hydroxylation sites is 1. The molecule has 0 aliphatic rings. The lowest BCUT2D eigenvalue weighted by molar-refractivity contribution is -0.140. The standard InChI is InChI=1S/C36H41N3O5S/c1-27(2)24-37-36(41)34(23-29-12-7-5-8-13-29)38(25-30-14-11-17-32(22-30)44-4)35(40)26-39(31-15-9-6-10-16-31)45(42,43)33-20-18-28(3)19-21-33/h5-22,27,34H,23-26H2,1-4H3,(H,37,41)/t34-/m0/s1. The van der Waals surface area contributed by atoms with E-state index >= 15 is 0 Å². The van der Waals surface area contributed by atoms with Crippen molar-refractivity contribution in [1.82, 2.24) is 10.2 Å². The monoisotopic (exact) mass is 627 g/mol. The average Bonchev–Trinajstić information content (AvgIpc) is 3.05. The fourth-order valence-corrected chi connectivity index (χ4v) is 6.32. The van der Waals surface area contributed by atoms with Crippen LogP contribution in [0.2, 0.25) is 0 Å². The maximum Gasteiger partial charge on any atom is 0.264 e. The Morgan fingerprint density at radius 2 is 1.44 bits per heavy atom. The van der Waals surface area contributed by atoms with Gasteiger partial charge < -0.3 is 15.0 Å². The number of hydrogen-bond acceptors (Lipinski definition) is 5. The Balaban J connectivity index is 1.79. The Morgan fingerprint density at radius 3 is 2.07 bits per heavy atom. The first-order valence-corrected chi connectivity index (χ1v) is 16.4. The van der Waals surface area contributed by atoms with Crippen LogP contribution in [0, 0.1) is 12.8 Å². The fourth-order valence-electron chi connectivity index (χ4n) is 4.90. The summed E-state index contributed by atoms with van der Waals surface area (Å²) in [6.45, 7) is 5.87. The van der Waals surface area contributed by atoms with Crippen molar-refractivity contribution < 1.29 is 22.7 Å².